The highest BCUT2D eigenvalue weighted by Gasteiger charge is 2.57. The number of carbonyl (C=O) groups is 2. The Hall–Kier alpha value is -1.68. The summed E-state index contributed by atoms with van der Waals surface area (Å²) in [4.78, 5) is 24.1. The zero-order valence-corrected chi connectivity index (χ0v) is 11.3. The molecule has 1 aromatic carbocycles. The van der Waals surface area contributed by atoms with Gasteiger partial charge in [-0.05, 0) is 31.6 Å². The first kappa shape index (κ1) is 13.3. The number of carbonyl (C=O) groups excluding carboxylic acids is 1. The third-order valence-corrected chi connectivity index (χ3v) is 4.89. The highest BCUT2D eigenvalue weighted by atomic mass is 16.4. The molecule has 20 heavy (non-hydrogen) atoms. The molecule has 0 saturated heterocycles. The molecule has 2 fully saturated rings. The van der Waals surface area contributed by atoms with E-state index < -0.39 is 23.9 Å². The molecule has 0 unspecified atom stereocenters. The average Bonchev–Trinajstić information content (AvgIpc) is 2.95. The Kier molecular flexibility index (Phi) is 3.13. The minimum atomic E-state index is -0.908. The number of Topliss-reactive ketones (excluding diaryl/α,β-unsaturated/α-hetero) is 1. The summed E-state index contributed by atoms with van der Waals surface area (Å²) < 4.78 is 0. The Morgan fingerprint density at radius 3 is 2.35 bits per heavy atom. The maximum absolute atomic E-state index is 12.6. The van der Waals surface area contributed by atoms with Gasteiger partial charge < -0.3 is 10.2 Å². The van der Waals surface area contributed by atoms with Gasteiger partial charge in [0.15, 0.2) is 5.78 Å². The van der Waals surface area contributed by atoms with E-state index in [-0.39, 0.29) is 17.6 Å². The van der Waals surface area contributed by atoms with Gasteiger partial charge in [0.1, 0.15) is 0 Å². The number of hydrogen-bond acceptors (Lipinski definition) is 3. The summed E-state index contributed by atoms with van der Waals surface area (Å²) in [5.41, 5.74) is 1.61. The molecule has 2 aliphatic carbocycles. The fourth-order valence-electron chi connectivity index (χ4n) is 3.95. The molecule has 0 spiro atoms. The molecule has 106 valence electrons. The van der Waals surface area contributed by atoms with Crippen molar-refractivity contribution in [3.63, 3.8) is 0 Å². The Labute approximate surface area is 117 Å². The lowest BCUT2D eigenvalue weighted by Gasteiger charge is -2.30. The quantitative estimate of drug-likeness (QED) is 0.825. The van der Waals surface area contributed by atoms with Crippen molar-refractivity contribution in [3.05, 3.63) is 35.4 Å². The van der Waals surface area contributed by atoms with Crippen molar-refractivity contribution in [2.45, 2.75) is 25.9 Å². The Balaban J connectivity index is 1.92. The lowest BCUT2D eigenvalue weighted by Crippen LogP contribution is -2.40. The first-order valence-electron chi connectivity index (χ1n) is 7.01. The predicted molar refractivity (Wildman–Crippen MR) is 72.3 cm³/mol. The van der Waals surface area contributed by atoms with Crippen LogP contribution < -0.4 is 0 Å². The van der Waals surface area contributed by atoms with Gasteiger partial charge in [-0.1, -0.05) is 29.8 Å². The molecule has 2 aliphatic rings. The van der Waals surface area contributed by atoms with E-state index in [0.29, 0.717) is 18.4 Å². The van der Waals surface area contributed by atoms with Crippen LogP contribution in [-0.4, -0.2) is 28.1 Å². The van der Waals surface area contributed by atoms with Gasteiger partial charge in [0, 0.05) is 11.5 Å². The second-order valence-electron chi connectivity index (χ2n) is 6.08. The lowest BCUT2D eigenvalue weighted by molar-refractivity contribution is -0.145. The summed E-state index contributed by atoms with van der Waals surface area (Å²) in [6.07, 6.45) is 0.634. The van der Waals surface area contributed by atoms with Crippen molar-refractivity contribution in [3.8, 4) is 0 Å². The number of aliphatic carboxylic acids is 1. The van der Waals surface area contributed by atoms with Gasteiger partial charge >= 0.3 is 5.97 Å². The van der Waals surface area contributed by atoms with E-state index in [2.05, 4.69) is 0 Å². The fraction of sp³-hybridized carbons (Fsp3) is 0.500. The van der Waals surface area contributed by atoms with Crippen LogP contribution in [0.5, 0.6) is 0 Å². The molecule has 0 amide bonds. The normalized spacial score (nSPS) is 35.2. The zero-order valence-electron chi connectivity index (χ0n) is 11.3. The van der Waals surface area contributed by atoms with Crippen molar-refractivity contribution < 1.29 is 19.8 Å². The number of ketones is 1. The van der Waals surface area contributed by atoms with Gasteiger partial charge in [0.25, 0.3) is 0 Å². The molecule has 0 aromatic heterocycles. The molecular formula is C16H18O4. The second-order valence-corrected chi connectivity index (χ2v) is 6.08. The third-order valence-electron chi connectivity index (χ3n) is 4.89. The highest BCUT2D eigenvalue weighted by Crippen LogP contribution is 2.53. The van der Waals surface area contributed by atoms with Crippen LogP contribution in [0, 0.1) is 30.6 Å². The van der Waals surface area contributed by atoms with Crippen LogP contribution in [0.3, 0.4) is 0 Å². The molecule has 4 heteroatoms. The van der Waals surface area contributed by atoms with Gasteiger partial charge in [-0.15, -0.1) is 0 Å². The third kappa shape index (κ3) is 1.95. The number of aliphatic hydroxyl groups excluding tert-OH is 1. The van der Waals surface area contributed by atoms with Crippen LogP contribution in [0.25, 0.3) is 0 Å². The molecule has 1 aromatic rings. The highest BCUT2D eigenvalue weighted by molar-refractivity contribution is 6.00. The summed E-state index contributed by atoms with van der Waals surface area (Å²) in [7, 11) is 0. The molecule has 0 aliphatic heterocycles. The van der Waals surface area contributed by atoms with Crippen LogP contribution in [0.1, 0.15) is 28.8 Å². The summed E-state index contributed by atoms with van der Waals surface area (Å²) >= 11 is 0. The van der Waals surface area contributed by atoms with Gasteiger partial charge in [-0.2, -0.15) is 0 Å². The minimum absolute atomic E-state index is 0.0631. The van der Waals surface area contributed by atoms with Crippen molar-refractivity contribution in [2.75, 3.05) is 0 Å². The lowest BCUT2D eigenvalue weighted by atomic mass is 9.74. The zero-order chi connectivity index (χ0) is 14.4. The second kappa shape index (κ2) is 4.70. The van der Waals surface area contributed by atoms with Crippen molar-refractivity contribution in [1.82, 2.24) is 0 Å². The van der Waals surface area contributed by atoms with Crippen molar-refractivity contribution in [1.29, 1.82) is 0 Å². The Morgan fingerprint density at radius 2 is 1.75 bits per heavy atom. The largest absolute Gasteiger partial charge is 0.481 e. The minimum Gasteiger partial charge on any atom is -0.481 e. The van der Waals surface area contributed by atoms with Gasteiger partial charge in [0.05, 0.1) is 12.0 Å². The maximum atomic E-state index is 12.6. The number of benzene rings is 1. The van der Waals surface area contributed by atoms with Crippen molar-refractivity contribution >= 4 is 11.8 Å². The molecule has 0 radical (unpaired) electrons. The molecule has 4 nitrogen and oxygen atoms in total. The van der Waals surface area contributed by atoms with Crippen LogP contribution in [-0.2, 0) is 4.79 Å². The average molecular weight is 274 g/mol. The Bertz CT molecular complexity index is 548. The molecule has 0 heterocycles. The first-order valence-corrected chi connectivity index (χ1v) is 7.01. The van der Waals surface area contributed by atoms with E-state index in [9.17, 15) is 19.8 Å². The first-order chi connectivity index (χ1) is 9.49. The predicted octanol–water partition coefficient (Wildman–Crippen LogP) is 1.90. The summed E-state index contributed by atoms with van der Waals surface area (Å²) in [5.74, 6) is -2.53. The molecular weight excluding hydrogens is 256 g/mol. The Morgan fingerprint density at radius 1 is 1.10 bits per heavy atom. The fourth-order valence-corrected chi connectivity index (χ4v) is 3.95. The van der Waals surface area contributed by atoms with E-state index in [0.717, 1.165) is 5.56 Å². The number of carboxylic acids is 1. The topological polar surface area (TPSA) is 74.6 Å². The van der Waals surface area contributed by atoms with Crippen LogP contribution in [0.2, 0.25) is 0 Å². The standard InChI is InChI=1S/C16H18O4/c1-8-2-4-9(5-3-8)15(18)14-11-6-10(7-12(11)17)13(14)16(19)20/h2-5,10-14,17H,6-7H2,1H3,(H,19,20)/t10-,11+,12+,13+,14+/m0/s1. The molecule has 5 atom stereocenters. The molecule has 2 N–H and O–H groups in total. The van der Waals surface area contributed by atoms with E-state index in [1.54, 1.807) is 12.1 Å². The van der Waals surface area contributed by atoms with E-state index >= 15 is 0 Å². The number of aryl methyl sites for hydroxylation is 1. The summed E-state index contributed by atoms with van der Waals surface area (Å²) in [6.45, 7) is 1.94. The number of rotatable bonds is 3. The molecule has 2 bridgehead atoms. The monoisotopic (exact) mass is 274 g/mol. The van der Waals surface area contributed by atoms with Crippen LogP contribution >= 0.6 is 0 Å². The SMILES string of the molecule is Cc1ccc(C(=O)[C@@H]2[C@@H]3C[C@@H](C[C@H]3O)[C@H]2C(=O)O)cc1. The van der Waals surface area contributed by atoms with Gasteiger partial charge in [-0.3, -0.25) is 9.59 Å². The number of carboxylic acid groups (broad SMARTS) is 1. The number of aliphatic hydroxyl groups is 1. The smallest absolute Gasteiger partial charge is 0.307 e. The maximum Gasteiger partial charge on any atom is 0.307 e. The van der Waals surface area contributed by atoms with E-state index in [1.165, 1.54) is 0 Å². The number of fused-ring (bicyclic) bond motifs is 2. The number of hydrogen-bond donors (Lipinski definition) is 2. The summed E-state index contributed by atoms with van der Waals surface area (Å²) in [6, 6.07) is 7.20. The summed E-state index contributed by atoms with van der Waals surface area (Å²) in [5, 5.41) is 19.4. The van der Waals surface area contributed by atoms with E-state index in [1.807, 2.05) is 19.1 Å². The van der Waals surface area contributed by atoms with Crippen LogP contribution in [0.15, 0.2) is 24.3 Å². The molecule has 3 rings (SSSR count). The van der Waals surface area contributed by atoms with Crippen LogP contribution in [0.4, 0.5) is 0 Å². The van der Waals surface area contributed by atoms with E-state index in [4.69, 9.17) is 0 Å². The van der Waals surface area contributed by atoms with Gasteiger partial charge in [0.2, 0.25) is 0 Å². The molecule has 2 saturated carbocycles. The van der Waals surface area contributed by atoms with Crippen molar-refractivity contribution in [2.24, 2.45) is 23.7 Å². The van der Waals surface area contributed by atoms with Gasteiger partial charge in [-0.25, -0.2) is 0 Å².